The van der Waals surface area contributed by atoms with Crippen LogP contribution in [0.25, 0.3) is 11.0 Å². The molecule has 3 nitrogen and oxygen atoms in total. The lowest BCUT2D eigenvalue weighted by atomic mass is 10.2. The number of nitrogen functional groups attached to an aromatic ring is 1. The maximum atomic E-state index is 13.2. The van der Waals surface area contributed by atoms with E-state index >= 15 is 0 Å². The van der Waals surface area contributed by atoms with Gasteiger partial charge in [-0.3, -0.25) is 0 Å². The van der Waals surface area contributed by atoms with Crippen molar-refractivity contribution in [2.75, 3.05) is 5.73 Å². The minimum absolute atomic E-state index is 0.0492. The average Bonchev–Trinajstić information content (AvgIpc) is 2.40. The van der Waals surface area contributed by atoms with Gasteiger partial charge in [-0.15, -0.1) is 0 Å². The third kappa shape index (κ3) is 1.07. The van der Waals surface area contributed by atoms with Gasteiger partial charge >= 0.3 is 0 Å². The monoisotopic (exact) mass is 213 g/mol. The Morgan fingerprint density at radius 1 is 1.57 bits per heavy atom. The van der Waals surface area contributed by atoms with Crippen LogP contribution in [0.2, 0.25) is 5.02 Å². The molecule has 0 bridgehead atoms. The summed E-state index contributed by atoms with van der Waals surface area (Å²) in [6.45, 7) is 1.81. The molecule has 0 unspecified atom stereocenters. The van der Waals surface area contributed by atoms with Gasteiger partial charge in [0, 0.05) is 7.05 Å². The molecule has 2 aromatic rings. The Balaban J connectivity index is 3.02. The largest absolute Gasteiger partial charge is 0.395 e. The maximum absolute atomic E-state index is 13.2. The standard InChI is InChI=1S/C9H9ClFN3/c1-4-13-8-7(12)6(11)3-5(10)9(8)14(4)2/h3H,12H2,1-2H3. The quantitative estimate of drug-likeness (QED) is 0.683. The van der Waals surface area contributed by atoms with Gasteiger partial charge in [-0.05, 0) is 13.0 Å². The molecule has 2 N–H and O–H groups in total. The van der Waals surface area contributed by atoms with Crippen molar-refractivity contribution in [3.05, 3.63) is 22.7 Å². The summed E-state index contributed by atoms with van der Waals surface area (Å²) in [7, 11) is 1.81. The predicted molar refractivity (Wildman–Crippen MR) is 54.8 cm³/mol. The molecular weight excluding hydrogens is 205 g/mol. The second-order valence-electron chi connectivity index (χ2n) is 3.17. The zero-order valence-electron chi connectivity index (χ0n) is 7.81. The van der Waals surface area contributed by atoms with Crippen LogP contribution in [0, 0.1) is 12.7 Å². The van der Waals surface area contributed by atoms with Gasteiger partial charge in [0.25, 0.3) is 0 Å². The summed E-state index contributed by atoms with van der Waals surface area (Å²) in [4.78, 5) is 4.15. The first-order valence-electron chi connectivity index (χ1n) is 4.09. The van der Waals surface area contributed by atoms with Gasteiger partial charge in [0.05, 0.1) is 16.2 Å². The topological polar surface area (TPSA) is 43.8 Å². The van der Waals surface area contributed by atoms with Crippen LogP contribution in [0.4, 0.5) is 10.1 Å². The van der Waals surface area contributed by atoms with Gasteiger partial charge in [0.15, 0.2) is 0 Å². The Bertz CT molecular complexity index is 518. The molecule has 0 aliphatic rings. The smallest absolute Gasteiger partial charge is 0.149 e. The summed E-state index contributed by atoms with van der Waals surface area (Å²) < 4.78 is 15.0. The fourth-order valence-electron chi connectivity index (χ4n) is 1.44. The van der Waals surface area contributed by atoms with Crippen LogP contribution in [0.15, 0.2) is 6.07 Å². The van der Waals surface area contributed by atoms with E-state index in [4.69, 9.17) is 17.3 Å². The summed E-state index contributed by atoms with van der Waals surface area (Å²) in [6.07, 6.45) is 0. The zero-order valence-corrected chi connectivity index (χ0v) is 8.56. The second kappa shape index (κ2) is 2.85. The van der Waals surface area contributed by atoms with Crippen molar-refractivity contribution in [1.29, 1.82) is 0 Å². The van der Waals surface area contributed by atoms with E-state index in [1.165, 1.54) is 6.07 Å². The van der Waals surface area contributed by atoms with E-state index in [0.29, 0.717) is 16.1 Å². The van der Waals surface area contributed by atoms with E-state index in [1.807, 2.05) is 14.0 Å². The number of fused-ring (bicyclic) bond motifs is 1. The molecule has 0 aliphatic carbocycles. The number of aryl methyl sites for hydroxylation is 2. The van der Waals surface area contributed by atoms with E-state index in [-0.39, 0.29) is 5.69 Å². The SMILES string of the molecule is Cc1nc2c(N)c(F)cc(Cl)c2n1C. The molecule has 1 aromatic heterocycles. The van der Waals surface area contributed by atoms with Gasteiger partial charge in [0.2, 0.25) is 0 Å². The Hall–Kier alpha value is -1.29. The number of benzene rings is 1. The number of aromatic nitrogens is 2. The molecule has 0 saturated heterocycles. The fraction of sp³-hybridized carbons (Fsp3) is 0.222. The van der Waals surface area contributed by atoms with Gasteiger partial charge in [-0.1, -0.05) is 11.6 Å². The molecule has 2 rings (SSSR count). The van der Waals surface area contributed by atoms with Crippen molar-refractivity contribution in [3.63, 3.8) is 0 Å². The first-order valence-corrected chi connectivity index (χ1v) is 4.46. The van der Waals surface area contributed by atoms with Crippen molar-refractivity contribution < 1.29 is 4.39 Å². The number of anilines is 1. The Morgan fingerprint density at radius 2 is 2.21 bits per heavy atom. The highest BCUT2D eigenvalue weighted by Gasteiger charge is 2.14. The lowest BCUT2D eigenvalue weighted by Gasteiger charge is -2.01. The van der Waals surface area contributed by atoms with E-state index in [0.717, 1.165) is 5.82 Å². The van der Waals surface area contributed by atoms with E-state index < -0.39 is 5.82 Å². The molecule has 0 spiro atoms. The Kier molecular flexibility index (Phi) is 1.89. The summed E-state index contributed by atoms with van der Waals surface area (Å²) in [5.41, 5.74) is 6.70. The van der Waals surface area contributed by atoms with Crippen LogP contribution in [0.3, 0.4) is 0 Å². The maximum Gasteiger partial charge on any atom is 0.149 e. The number of hydrogen-bond acceptors (Lipinski definition) is 2. The molecule has 1 heterocycles. The second-order valence-corrected chi connectivity index (χ2v) is 3.58. The molecule has 0 saturated carbocycles. The van der Waals surface area contributed by atoms with Crippen molar-refractivity contribution in [2.24, 2.45) is 7.05 Å². The third-order valence-electron chi connectivity index (χ3n) is 2.31. The van der Waals surface area contributed by atoms with Crippen molar-refractivity contribution in [2.45, 2.75) is 6.92 Å². The first-order chi connectivity index (χ1) is 6.52. The third-order valence-corrected chi connectivity index (χ3v) is 2.60. The number of hydrogen-bond donors (Lipinski definition) is 1. The lowest BCUT2D eigenvalue weighted by Crippen LogP contribution is -1.94. The molecule has 74 valence electrons. The number of halogens is 2. The minimum Gasteiger partial charge on any atom is -0.395 e. The average molecular weight is 214 g/mol. The van der Waals surface area contributed by atoms with Gasteiger partial charge < -0.3 is 10.3 Å². The number of rotatable bonds is 0. The normalized spacial score (nSPS) is 11.1. The Labute approximate surface area is 85.3 Å². The first kappa shape index (κ1) is 9.27. The molecule has 0 fully saturated rings. The number of nitrogens with two attached hydrogens (primary N) is 1. The molecule has 14 heavy (non-hydrogen) atoms. The summed E-state index contributed by atoms with van der Waals surface area (Å²) in [5.74, 6) is 0.222. The highest BCUT2D eigenvalue weighted by atomic mass is 35.5. The van der Waals surface area contributed by atoms with Gasteiger partial charge in [-0.2, -0.15) is 0 Å². The molecule has 0 aliphatic heterocycles. The van der Waals surface area contributed by atoms with E-state index in [9.17, 15) is 4.39 Å². The molecule has 0 amide bonds. The van der Waals surface area contributed by atoms with Gasteiger partial charge in [-0.25, -0.2) is 9.37 Å². The molecule has 1 aromatic carbocycles. The van der Waals surface area contributed by atoms with Crippen LogP contribution < -0.4 is 5.73 Å². The van der Waals surface area contributed by atoms with E-state index in [2.05, 4.69) is 4.98 Å². The summed E-state index contributed by atoms with van der Waals surface area (Å²) in [5, 5.41) is 0.329. The predicted octanol–water partition coefficient (Wildman–Crippen LogP) is 2.26. The Morgan fingerprint density at radius 3 is 2.86 bits per heavy atom. The molecule has 0 radical (unpaired) electrons. The summed E-state index contributed by atoms with van der Waals surface area (Å²) >= 11 is 5.90. The fourth-order valence-corrected chi connectivity index (χ4v) is 1.75. The zero-order chi connectivity index (χ0) is 10.5. The molecular formula is C9H9ClFN3. The van der Waals surface area contributed by atoms with E-state index in [1.54, 1.807) is 4.57 Å². The van der Waals surface area contributed by atoms with Crippen LogP contribution >= 0.6 is 11.6 Å². The van der Waals surface area contributed by atoms with Crippen LogP contribution in [-0.2, 0) is 7.05 Å². The number of imidazole rings is 1. The van der Waals surface area contributed by atoms with Crippen molar-refractivity contribution in [1.82, 2.24) is 9.55 Å². The number of nitrogens with zero attached hydrogens (tertiary/aromatic N) is 2. The minimum atomic E-state index is -0.527. The van der Waals surface area contributed by atoms with Crippen LogP contribution in [-0.4, -0.2) is 9.55 Å². The van der Waals surface area contributed by atoms with Gasteiger partial charge in [0.1, 0.15) is 17.2 Å². The highest BCUT2D eigenvalue weighted by Crippen LogP contribution is 2.30. The highest BCUT2D eigenvalue weighted by molar-refractivity contribution is 6.35. The molecule has 5 heteroatoms. The van der Waals surface area contributed by atoms with Crippen molar-refractivity contribution >= 4 is 28.3 Å². The van der Waals surface area contributed by atoms with Crippen molar-refractivity contribution in [3.8, 4) is 0 Å². The lowest BCUT2D eigenvalue weighted by molar-refractivity contribution is 0.634. The summed E-state index contributed by atoms with van der Waals surface area (Å²) in [6, 6.07) is 1.21. The van der Waals surface area contributed by atoms with Crippen LogP contribution in [0.1, 0.15) is 5.82 Å². The van der Waals surface area contributed by atoms with Crippen LogP contribution in [0.5, 0.6) is 0 Å². The molecule has 0 atom stereocenters.